The van der Waals surface area contributed by atoms with Crippen molar-refractivity contribution in [2.75, 3.05) is 13.2 Å². The van der Waals surface area contributed by atoms with Crippen molar-refractivity contribution >= 4 is 17.7 Å². The monoisotopic (exact) mass is 224 g/mol. The first-order valence-electron chi connectivity index (χ1n) is 4.80. The lowest BCUT2D eigenvalue weighted by molar-refractivity contribution is -0.142. The van der Waals surface area contributed by atoms with Crippen LogP contribution in [0.3, 0.4) is 0 Å². The first-order valence-corrected chi connectivity index (χ1v) is 5.68. The maximum absolute atomic E-state index is 10.3. The molecule has 0 bridgehead atoms. The summed E-state index contributed by atoms with van der Waals surface area (Å²) in [7, 11) is 0. The maximum atomic E-state index is 10.3. The molecule has 0 aromatic heterocycles. The summed E-state index contributed by atoms with van der Waals surface area (Å²) in [5, 5.41) is 8.79. The minimum Gasteiger partial charge on any atom is -0.480 e. The second-order valence-electron chi connectivity index (χ2n) is 3.46. The minimum atomic E-state index is -0.907. The molecule has 3 nitrogen and oxygen atoms in total. The third-order valence-corrected chi connectivity index (χ3v) is 3.53. The van der Waals surface area contributed by atoms with Gasteiger partial charge in [0.05, 0.1) is 6.61 Å². The largest absolute Gasteiger partial charge is 0.480 e. The molecule has 0 fully saturated rings. The number of aliphatic carboxylic acids is 1. The zero-order valence-corrected chi connectivity index (χ0v) is 9.00. The number of thioether (sulfide) groups is 1. The van der Waals surface area contributed by atoms with Crippen molar-refractivity contribution in [2.24, 2.45) is 0 Å². The lowest BCUT2D eigenvalue weighted by atomic mass is 10.1. The average molecular weight is 224 g/mol. The van der Waals surface area contributed by atoms with E-state index >= 15 is 0 Å². The Morgan fingerprint density at radius 1 is 1.53 bits per heavy atom. The van der Waals surface area contributed by atoms with Crippen molar-refractivity contribution in [3.05, 3.63) is 29.8 Å². The smallest absolute Gasteiger partial charge is 0.329 e. The molecule has 1 atom stereocenters. The van der Waals surface area contributed by atoms with Gasteiger partial charge in [0, 0.05) is 10.1 Å². The van der Waals surface area contributed by atoms with E-state index in [-0.39, 0.29) is 6.61 Å². The number of fused-ring (bicyclic) bond motifs is 1. The summed E-state index contributed by atoms with van der Waals surface area (Å²) in [5.74, 6) is -0.907. The van der Waals surface area contributed by atoms with Gasteiger partial charge in [0.2, 0.25) is 0 Å². The van der Waals surface area contributed by atoms with E-state index in [1.165, 1.54) is 10.5 Å². The molecule has 1 aliphatic heterocycles. The fourth-order valence-electron chi connectivity index (χ4n) is 1.62. The van der Waals surface area contributed by atoms with Crippen LogP contribution in [0.15, 0.2) is 29.2 Å². The molecule has 1 aliphatic rings. The second-order valence-corrected chi connectivity index (χ2v) is 4.80. The molecule has 0 radical (unpaired) electrons. The van der Waals surface area contributed by atoms with Gasteiger partial charge in [0.1, 0.15) is 6.61 Å². The number of benzene rings is 1. The Morgan fingerprint density at radius 2 is 2.33 bits per heavy atom. The molecule has 15 heavy (non-hydrogen) atoms. The van der Waals surface area contributed by atoms with Crippen LogP contribution in [0, 0.1) is 0 Å². The third-order valence-electron chi connectivity index (χ3n) is 2.24. The normalized spacial score (nSPS) is 18.8. The van der Waals surface area contributed by atoms with Gasteiger partial charge in [-0.05, 0) is 18.1 Å². The quantitative estimate of drug-likeness (QED) is 0.847. The highest BCUT2D eigenvalue weighted by Crippen LogP contribution is 2.36. The topological polar surface area (TPSA) is 46.5 Å². The Bertz CT molecular complexity index is 340. The summed E-state index contributed by atoms with van der Waals surface area (Å²) in [6, 6.07) is 8.25. The van der Waals surface area contributed by atoms with Gasteiger partial charge in [-0.2, -0.15) is 0 Å². The lowest BCUT2D eigenvalue weighted by Crippen LogP contribution is -2.15. The van der Waals surface area contributed by atoms with Gasteiger partial charge in [0.25, 0.3) is 0 Å². The lowest BCUT2D eigenvalue weighted by Gasteiger charge is -2.07. The molecule has 2 rings (SSSR count). The molecule has 1 unspecified atom stereocenters. The van der Waals surface area contributed by atoms with E-state index in [1.54, 1.807) is 11.8 Å². The van der Waals surface area contributed by atoms with Crippen molar-refractivity contribution in [3.8, 4) is 0 Å². The Labute approximate surface area is 92.4 Å². The van der Waals surface area contributed by atoms with Gasteiger partial charge in [0.15, 0.2) is 0 Å². The number of hydrogen-bond acceptors (Lipinski definition) is 3. The molecule has 80 valence electrons. The molecule has 1 aromatic carbocycles. The summed E-state index contributed by atoms with van der Waals surface area (Å²) in [6.07, 6.45) is 0.973. The van der Waals surface area contributed by atoms with Crippen molar-refractivity contribution in [1.29, 1.82) is 0 Å². The van der Waals surface area contributed by atoms with Gasteiger partial charge in [-0.15, -0.1) is 11.8 Å². The van der Waals surface area contributed by atoms with Crippen LogP contribution in [-0.2, 0) is 16.0 Å². The van der Waals surface area contributed by atoms with Crippen LogP contribution in [0.4, 0.5) is 0 Å². The van der Waals surface area contributed by atoms with E-state index in [0.717, 1.165) is 6.42 Å². The van der Waals surface area contributed by atoms with E-state index in [0.29, 0.717) is 11.9 Å². The summed E-state index contributed by atoms with van der Waals surface area (Å²) in [6.45, 7) is 0.305. The van der Waals surface area contributed by atoms with Crippen LogP contribution in [0.5, 0.6) is 0 Å². The number of carboxylic acids is 1. The number of rotatable bonds is 4. The van der Waals surface area contributed by atoms with Crippen LogP contribution in [-0.4, -0.2) is 29.5 Å². The van der Waals surface area contributed by atoms with Crippen LogP contribution < -0.4 is 0 Å². The van der Waals surface area contributed by atoms with Gasteiger partial charge in [-0.25, -0.2) is 4.79 Å². The van der Waals surface area contributed by atoms with Gasteiger partial charge >= 0.3 is 5.97 Å². The van der Waals surface area contributed by atoms with E-state index in [2.05, 4.69) is 12.1 Å². The Morgan fingerprint density at radius 3 is 3.07 bits per heavy atom. The van der Waals surface area contributed by atoms with Crippen LogP contribution in [0.25, 0.3) is 0 Å². The SMILES string of the molecule is O=C(O)COCC1Cc2ccccc2S1. The second kappa shape index (κ2) is 4.68. The highest BCUT2D eigenvalue weighted by Gasteiger charge is 2.21. The number of hydrogen-bond donors (Lipinski definition) is 1. The fourth-order valence-corrected chi connectivity index (χ4v) is 2.87. The zero-order valence-electron chi connectivity index (χ0n) is 8.18. The zero-order chi connectivity index (χ0) is 10.7. The highest BCUT2D eigenvalue weighted by molar-refractivity contribution is 8.00. The molecule has 0 saturated carbocycles. The van der Waals surface area contributed by atoms with E-state index in [4.69, 9.17) is 9.84 Å². The number of carboxylic acid groups (broad SMARTS) is 1. The Balaban J connectivity index is 1.83. The highest BCUT2D eigenvalue weighted by atomic mass is 32.2. The van der Waals surface area contributed by atoms with Crippen molar-refractivity contribution in [2.45, 2.75) is 16.6 Å². The Kier molecular flexibility index (Phi) is 3.28. The molecule has 1 aromatic rings. The van der Waals surface area contributed by atoms with E-state index in [1.807, 2.05) is 12.1 Å². The van der Waals surface area contributed by atoms with E-state index in [9.17, 15) is 4.79 Å². The van der Waals surface area contributed by atoms with Crippen LogP contribution in [0.1, 0.15) is 5.56 Å². The molecular weight excluding hydrogens is 212 g/mol. The number of carbonyl (C=O) groups is 1. The Hall–Kier alpha value is -1.00. The summed E-state index contributed by atoms with van der Waals surface area (Å²) < 4.78 is 5.09. The summed E-state index contributed by atoms with van der Waals surface area (Å²) >= 11 is 1.77. The van der Waals surface area contributed by atoms with Gasteiger partial charge in [-0.3, -0.25) is 0 Å². The maximum Gasteiger partial charge on any atom is 0.329 e. The summed E-state index contributed by atoms with van der Waals surface area (Å²) in [4.78, 5) is 11.6. The number of ether oxygens (including phenoxy) is 1. The first kappa shape index (κ1) is 10.5. The minimum absolute atomic E-state index is 0.201. The van der Waals surface area contributed by atoms with Crippen molar-refractivity contribution < 1.29 is 14.6 Å². The fraction of sp³-hybridized carbons (Fsp3) is 0.364. The predicted octanol–water partition coefficient (Wildman–Crippen LogP) is 1.80. The third kappa shape index (κ3) is 2.73. The molecule has 1 N–H and O–H groups in total. The van der Waals surface area contributed by atoms with Gasteiger partial charge < -0.3 is 9.84 Å². The molecule has 0 amide bonds. The van der Waals surface area contributed by atoms with E-state index < -0.39 is 5.97 Å². The summed E-state index contributed by atoms with van der Waals surface area (Å²) in [5.41, 5.74) is 1.34. The average Bonchev–Trinajstić information content (AvgIpc) is 2.59. The van der Waals surface area contributed by atoms with Gasteiger partial charge in [-0.1, -0.05) is 18.2 Å². The standard InChI is InChI=1S/C11H12O3S/c12-11(13)7-14-6-9-5-8-3-1-2-4-10(8)15-9/h1-4,9H,5-7H2,(H,12,13). The van der Waals surface area contributed by atoms with Crippen LogP contribution in [0.2, 0.25) is 0 Å². The molecule has 0 saturated heterocycles. The first-order chi connectivity index (χ1) is 7.25. The molecular formula is C11H12O3S. The molecule has 1 heterocycles. The molecule has 0 spiro atoms. The van der Waals surface area contributed by atoms with Crippen molar-refractivity contribution in [3.63, 3.8) is 0 Å². The van der Waals surface area contributed by atoms with Crippen molar-refractivity contribution in [1.82, 2.24) is 0 Å². The molecule has 4 heteroatoms. The predicted molar refractivity (Wildman–Crippen MR) is 58.2 cm³/mol. The molecule has 0 aliphatic carbocycles. The van der Waals surface area contributed by atoms with Crippen LogP contribution >= 0.6 is 11.8 Å².